The Morgan fingerprint density at radius 1 is 0.953 bits per heavy atom. The molecule has 0 bridgehead atoms. The zero-order valence-electron chi connectivity index (χ0n) is 36.9. The zero-order valence-corrected chi connectivity index (χ0v) is 40.1. The lowest BCUT2D eigenvalue weighted by Crippen LogP contribution is -2.39. The van der Waals surface area contributed by atoms with Crippen molar-refractivity contribution in [3.05, 3.63) is 76.5 Å². The number of allylic oxidation sites excluding steroid dienone is 3. The van der Waals surface area contributed by atoms with Gasteiger partial charge >= 0.3 is 5.97 Å². The largest absolute Gasteiger partial charge is 0.744 e. The van der Waals surface area contributed by atoms with Gasteiger partial charge in [-0.15, -0.1) is 0 Å². The molecule has 2 aliphatic heterocycles. The van der Waals surface area contributed by atoms with Gasteiger partial charge in [-0.2, -0.15) is 16.8 Å². The van der Waals surface area contributed by atoms with Crippen LogP contribution in [0.15, 0.2) is 68.5 Å². The van der Waals surface area contributed by atoms with Crippen LogP contribution in [0.1, 0.15) is 96.5 Å². The summed E-state index contributed by atoms with van der Waals surface area (Å²) in [6.07, 6.45) is 6.41. The maximum Gasteiger partial charge on any atom is 0.303 e. The number of nitrogens with zero attached hydrogens (tertiary/aromatic N) is 2. The van der Waals surface area contributed by atoms with Gasteiger partial charge in [0.1, 0.15) is 29.0 Å². The number of benzene rings is 2. The Bertz CT molecular complexity index is 2740. The molecule has 356 valence electrons. The summed E-state index contributed by atoms with van der Waals surface area (Å²) in [6, 6.07) is 9.10. The lowest BCUT2D eigenvalue weighted by molar-refractivity contribution is -0.137. The molecule has 0 fully saturated rings. The highest BCUT2D eigenvalue weighted by Gasteiger charge is 2.43. The predicted molar refractivity (Wildman–Crippen MR) is 241 cm³/mol. The molecule has 1 aromatic carbocycles. The van der Waals surface area contributed by atoms with Crippen molar-refractivity contribution in [3.8, 4) is 11.3 Å². The molecule has 18 nitrogen and oxygen atoms in total. The number of carboxylic acid groups (broad SMARTS) is 1. The molecule has 0 saturated heterocycles. The minimum Gasteiger partial charge on any atom is -0.744 e. The molecule has 4 rings (SSSR count). The van der Waals surface area contributed by atoms with E-state index in [9.17, 15) is 57.2 Å². The lowest BCUT2D eigenvalue weighted by atomic mass is 9.77. The fraction of sp³-hybridized carbons (Fsp3) is 0.524. The van der Waals surface area contributed by atoms with Gasteiger partial charge in [0, 0.05) is 61.5 Å². The number of carbonyl (C=O) groups is 1. The fourth-order valence-electron chi connectivity index (χ4n) is 7.94. The van der Waals surface area contributed by atoms with E-state index >= 15 is 0 Å². The van der Waals surface area contributed by atoms with Crippen molar-refractivity contribution in [2.24, 2.45) is 0 Å². The van der Waals surface area contributed by atoms with Crippen molar-refractivity contribution in [1.82, 2.24) is 9.30 Å². The maximum absolute atomic E-state index is 14.3. The molecule has 1 aromatic rings. The van der Waals surface area contributed by atoms with Crippen molar-refractivity contribution in [2.45, 2.75) is 100 Å². The van der Waals surface area contributed by atoms with E-state index in [2.05, 4.69) is 4.72 Å². The third-order valence-electron chi connectivity index (χ3n) is 11.0. The number of methoxy groups -OCH3 is 1. The van der Waals surface area contributed by atoms with Crippen molar-refractivity contribution in [1.29, 1.82) is 0 Å². The summed E-state index contributed by atoms with van der Waals surface area (Å²) in [5.41, 5.74) is 1.06. The summed E-state index contributed by atoms with van der Waals surface area (Å²) in [6.45, 7) is 10.0. The van der Waals surface area contributed by atoms with Crippen LogP contribution in [0.25, 0.3) is 17.4 Å². The number of fused-ring (bicyclic) bond motifs is 2. The number of aliphatic carboxylic acids is 1. The van der Waals surface area contributed by atoms with Crippen LogP contribution >= 0.6 is 0 Å². The molecule has 0 radical (unpaired) electrons. The van der Waals surface area contributed by atoms with Gasteiger partial charge in [0.15, 0.2) is 10.7 Å². The quantitative estimate of drug-likeness (QED) is 0.0575. The molecule has 2 heterocycles. The van der Waals surface area contributed by atoms with E-state index in [1.165, 1.54) is 25.3 Å². The van der Waals surface area contributed by atoms with Crippen LogP contribution in [0, 0.1) is 0 Å². The molecule has 1 unspecified atom stereocenters. The Labute approximate surface area is 376 Å². The van der Waals surface area contributed by atoms with Crippen LogP contribution in [-0.2, 0) is 60.7 Å². The molecule has 1 aliphatic carbocycles. The van der Waals surface area contributed by atoms with Crippen molar-refractivity contribution < 1.29 is 66.4 Å². The lowest BCUT2D eigenvalue weighted by Gasteiger charge is -2.30. The number of hydrogen-bond acceptors (Lipinski definition) is 13. The molecule has 4 N–H and O–H groups in total. The molecule has 0 amide bonds. The van der Waals surface area contributed by atoms with Crippen molar-refractivity contribution in [2.75, 3.05) is 56.3 Å². The van der Waals surface area contributed by atoms with Crippen LogP contribution in [-0.4, -0.2) is 110 Å². The number of rotatable bonds is 23. The first-order valence-electron chi connectivity index (χ1n) is 20.7. The molecule has 22 heteroatoms. The zero-order chi connectivity index (χ0) is 47.9. The van der Waals surface area contributed by atoms with Gasteiger partial charge in [0.2, 0.25) is 5.36 Å². The molecule has 64 heavy (non-hydrogen) atoms. The van der Waals surface area contributed by atoms with Crippen molar-refractivity contribution in [3.63, 3.8) is 0 Å². The highest BCUT2D eigenvalue weighted by atomic mass is 32.2. The first kappa shape index (κ1) is 52.6. The highest BCUT2D eigenvalue weighted by molar-refractivity contribution is 7.89. The average Bonchev–Trinajstić information content (AvgIpc) is 3.39. The number of carboxylic acids is 1. The molecule has 0 spiro atoms. The van der Waals surface area contributed by atoms with Crippen LogP contribution < -0.4 is 19.6 Å². The fourth-order valence-corrected chi connectivity index (χ4v) is 10.8. The Morgan fingerprint density at radius 2 is 1.62 bits per heavy atom. The van der Waals surface area contributed by atoms with E-state index in [1.807, 2.05) is 25.7 Å². The summed E-state index contributed by atoms with van der Waals surface area (Å²) in [4.78, 5) is 12.4. The monoisotopic (exact) mass is 973 g/mol. The van der Waals surface area contributed by atoms with Crippen LogP contribution in [0.2, 0.25) is 0 Å². The number of nitrogens with one attached hydrogen (secondary N) is 1. The third-order valence-corrected chi connectivity index (χ3v) is 14.9. The topological polar surface area (TPSA) is 278 Å². The predicted octanol–water partition coefficient (Wildman–Crippen LogP) is 4.57. The smallest absolute Gasteiger partial charge is 0.303 e. The molecular formula is C42H59N3O15S4. The van der Waals surface area contributed by atoms with Crippen LogP contribution in [0.5, 0.6) is 0 Å². The van der Waals surface area contributed by atoms with Gasteiger partial charge in [0.05, 0.1) is 23.0 Å². The summed E-state index contributed by atoms with van der Waals surface area (Å²) in [5.74, 6) is -1.85. The van der Waals surface area contributed by atoms with Gasteiger partial charge in [-0.3, -0.25) is 13.9 Å². The molecular weight excluding hydrogens is 915 g/mol. The Balaban J connectivity index is 2.01. The van der Waals surface area contributed by atoms with Gasteiger partial charge < -0.3 is 23.7 Å². The first-order valence-corrected chi connectivity index (χ1v) is 26.8. The summed E-state index contributed by atoms with van der Waals surface area (Å²) < 4.78 is 147. The van der Waals surface area contributed by atoms with Gasteiger partial charge in [-0.1, -0.05) is 33.3 Å². The first-order chi connectivity index (χ1) is 29.6. The van der Waals surface area contributed by atoms with Gasteiger partial charge in [-0.25, -0.2) is 26.1 Å². The number of anilines is 1. The standard InChI is InChI=1S/C42H59N3O15S4/c1-7-44(23-13-27-62(51,52)53)36-20-18-32-33(41(2,3)4)28-30(60-39(32)40(36)63(54,55)43-22-25-59-6)14-11-15-37-42(5,21-12-26-61(48,49)50)34-29-31(64(56,57)58)17-19-35(34)45(37)24-10-8-9-16-38(46)47/h11,14-15,17-20,28-29,43H,7-10,12-13,16,21-27H2,1-6H3,(H3-,46,47,48,49,50,51,52,53,56,57,58). The van der Waals surface area contributed by atoms with Crippen LogP contribution in [0.4, 0.5) is 5.69 Å². The number of hydrogen-bond donors (Lipinski definition) is 4. The number of ether oxygens (including phenoxy) is 1. The molecule has 0 saturated carbocycles. The minimum atomic E-state index is -4.91. The van der Waals surface area contributed by atoms with Gasteiger partial charge in [0.25, 0.3) is 30.3 Å². The van der Waals surface area contributed by atoms with E-state index in [4.69, 9.17) is 9.15 Å². The maximum atomic E-state index is 14.3. The SMILES string of the molecule is CC[N+](CCCS(=O)(=O)O)=c1ccc2c(C(C)(C)C)cc(/C=C/C=C3/N(CCCCCC(=O)O)c4ccc(S(=O)(=O)[O-])cc4C3(C)CCCS(=O)(=O)O)oc-2c1S(=O)(=O)NCCOC. The third kappa shape index (κ3) is 13.8. The van der Waals surface area contributed by atoms with E-state index < -0.39 is 73.6 Å². The van der Waals surface area contributed by atoms with E-state index in [0.29, 0.717) is 53.9 Å². The summed E-state index contributed by atoms with van der Waals surface area (Å²) in [7, 11) is -16.5. The van der Waals surface area contributed by atoms with E-state index in [1.54, 1.807) is 54.9 Å². The normalized spacial score (nSPS) is 17.5. The second-order valence-corrected chi connectivity index (χ2v) is 23.1. The van der Waals surface area contributed by atoms with E-state index in [0.717, 1.165) is 0 Å². The minimum absolute atomic E-state index is 0.00486. The average molecular weight is 974 g/mol. The number of sulfonamides is 1. The molecule has 0 aromatic heterocycles. The molecule has 1 atom stereocenters. The number of unbranched alkanes of at least 4 members (excludes halogenated alkanes) is 2. The Morgan fingerprint density at radius 3 is 2.22 bits per heavy atom. The second-order valence-electron chi connectivity index (χ2n) is 16.8. The Kier molecular flexibility index (Phi) is 17.3. The van der Waals surface area contributed by atoms with Crippen LogP contribution in [0.3, 0.4) is 0 Å². The van der Waals surface area contributed by atoms with E-state index in [-0.39, 0.29) is 73.7 Å². The summed E-state index contributed by atoms with van der Waals surface area (Å²) in [5, 5.41) is 9.40. The second kappa shape index (κ2) is 21.1. The molecule has 3 aliphatic rings. The van der Waals surface area contributed by atoms with Crippen molar-refractivity contribution >= 4 is 58.1 Å². The Hall–Kier alpha value is -4.00. The summed E-state index contributed by atoms with van der Waals surface area (Å²) >= 11 is 0. The highest BCUT2D eigenvalue weighted by Crippen LogP contribution is 2.51. The van der Waals surface area contributed by atoms with Gasteiger partial charge in [-0.05, 0) is 98.6 Å².